The quantitative estimate of drug-likeness (QED) is 0.169. The van der Waals surface area contributed by atoms with Crippen molar-refractivity contribution < 1.29 is 27.9 Å². The Balaban J connectivity index is 1.40. The lowest BCUT2D eigenvalue weighted by molar-refractivity contribution is -0.127. The molecule has 0 saturated carbocycles. The Morgan fingerprint density at radius 1 is 1.09 bits per heavy atom. The van der Waals surface area contributed by atoms with Crippen LogP contribution in [0.3, 0.4) is 0 Å². The maximum atomic E-state index is 12.8. The number of rotatable bonds is 10. The molecule has 13 nitrogen and oxygen atoms in total. The summed E-state index contributed by atoms with van der Waals surface area (Å²) < 4.78 is 20.8. The fourth-order valence-corrected chi connectivity index (χ4v) is 4.67. The molecule has 226 valence electrons. The number of piperidine rings is 1. The summed E-state index contributed by atoms with van der Waals surface area (Å²) in [5, 5.41) is 15.0. The first-order valence-electron chi connectivity index (χ1n) is 13.8. The smallest absolute Gasteiger partial charge is 0.457 e. The average molecular weight is 599 g/mol. The minimum absolute atomic E-state index is 0.0150. The van der Waals surface area contributed by atoms with E-state index < -0.39 is 11.9 Å². The van der Waals surface area contributed by atoms with Gasteiger partial charge in [0, 0.05) is 24.7 Å². The number of para-hydroxylation sites is 1. The van der Waals surface area contributed by atoms with Crippen LogP contribution in [0.2, 0.25) is 0 Å². The van der Waals surface area contributed by atoms with E-state index >= 15 is 0 Å². The van der Waals surface area contributed by atoms with Gasteiger partial charge in [-0.2, -0.15) is 0 Å². The number of nitrogens with zero attached hydrogens (tertiary/aromatic N) is 3. The summed E-state index contributed by atoms with van der Waals surface area (Å²) in [5.41, 5.74) is 0.725. The van der Waals surface area contributed by atoms with E-state index in [1.54, 1.807) is 29.2 Å². The first kappa shape index (κ1) is 29.8. The third kappa shape index (κ3) is 7.18. The molecule has 1 saturated heterocycles. The summed E-state index contributed by atoms with van der Waals surface area (Å²) in [6.07, 6.45) is 3.14. The van der Waals surface area contributed by atoms with Crippen LogP contribution in [0.4, 0.5) is 16.4 Å². The Morgan fingerprint density at radius 3 is 2.52 bits per heavy atom. The number of aryl methyl sites for hydroxylation is 1. The summed E-state index contributed by atoms with van der Waals surface area (Å²) in [7, 11) is 0. The molecule has 3 heterocycles. The van der Waals surface area contributed by atoms with Crippen molar-refractivity contribution in [2.75, 3.05) is 23.7 Å². The molecule has 1 aliphatic heterocycles. The second-order valence-corrected chi connectivity index (χ2v) is 9.87. The third-order valence-electron chi connectivity index (χ3n) is 6.86. The van der Waals surface area contributed by atoms with Gasteiger partial charge in [0.15, 0.2) is 18.1 Å². The summed E-state index contributed by atoms with van der Waals surface area (Å²) in [4.78, 5) is 46.7. The van der Waals surface area contributed by atoms with E-state index in [2.05, 4.69) is 27.2 Å². The second-order valence-electron chi connectivity index (χ2n) is 9.87. The molecule has 44 heavy (non-hydrogen) atoms. The predicted octanol–water partition coefficient (Wildman–Crippen LogP) is 4.88. The number of hydrogen-bond acceptors (Lipinski definition) is 11. The Morgan fingerprint density at radius 2 is 1.82 bits per heavy atom. The van der Waals surface area contributed by atoms with Crippen LogP contribution in [-0.4, -0.2) is 51.7 Å². The number of carbonyl (C=O) groups excluding carboxylic acids is 2. The Hall–Kier alpha value is -5.72. The van der Waals surface area contributed by atoms with E-state index in [1.807, 2.05) is 30.3 Å². The molecule has 2 aromatic heterocycles. The monoisotopic (exact) mass is 598 g/mol. The number of nitrogens with one attached hydrogen (secondary N) is 3. The van der Waals surface area contributed by atoms with Crippen molar-refractivity contribution in [2.45, 2.75) is 32.4 Å². The topological polar surface area (TPSA) is 173 Å². The second kappa shape index (κ2) is 13.5. The molecule has 0 aliphatic carbocycles. The van der Waals surface area contributed by atoms with Crippen LogP contribution in [0, 0.1) is 12.3 Å². The molecular weight excluding hydrogens is 568 g/mol. The van der Waals surface area contributed by atoms with Crippen LogP contribution >= 0.6 is 0 Å². The average Bonchev–Trinajstić information content (AvgIpc) is 3.36. The number of ether oxygens (including phenoxy) is 2. The van der Waals surface area contributed by atoms with Gasteiger partial charge in [-0.1, -0.05) is 24.8 Å². The Bertz CT molecular complexity index is 1720. The minimum atomic E-state index is -0.904. The standard InChI is InChI=1S/C31H30N6O7/c1-3-25(38)37-15-7-8-21(16-37)35-28-26(27(32)20-11-13-23(14-12-20)43-22-9-5-4-6-10-22)29(34-18-33-28)36-30(39)41-17-24-19(2)42-31(40)44-24/h3-6,9-14,18,21,32H,1,7-8,15-17H2,2H3,(H2,33,34,35,36,39). The van der Waals surface area contributed by atoms with E-state index in [1.165, 1.54) is 19.3 Å². The van der Waals surface area contributed by atoms with Crippen molar-refractivity contribution in [3.8, 4) is 11.5 Å². The normalized spacial score (nSPS) is 14.4. The molecule has 3 N–H and O–H groups in total. The first-order chi connectivity index (χ1) is 21.3. The predicted molar refractivity (Wildman–Crippen MR) is 160 cm³/mol. The van der Waals surface area contributed by atoms with E-state index in [9.17, 15) is 14.4 Å². The highest BCUT2D eigenvalue weighted by molar-refractivity contribution is 6.17. The van der Waals surface area contributed by atoms with Gasteiger partial charge >= 0.3 is 11.9 Å². The number of benzene rings is 2. The van der Waals surface area contributed by atoms with Gasteiger partial charge in [-0.25, -0.2) is 19.6 Å². The van der Waals surface area contributed by atoms with Gasteiger partial charge in [0.1, 0.15) is 29.5 Å². The highest BCUT2D eigenvalue weighted by Gasteiger charge is 2.26. The maximum Gasteiger partial charge on any atom is 0.519 e. The van der Waals surface area contributed by atoms with Crippen molar-refractivity contribution in [1.29, 1.82) is 5.41 Å². The fourth-order valence-electron chi connectivity index (χ4n) is 4.67. The van der Waals surface area contributed by atoms with E-state index in [0.29, 0.717) is 36.0 Å². The summed E-state index contributed by atoms with van der Waals surface area (Å²) >= 11 is 0. The van der Waals surface area contributed by atoms with Gasteiger partial charge in [-0.3, -0.25) is 15.5 Å². The van der Waals surface area contributed by atoms with Crippen LogP contribution in [0.1, 0.15) is 35.5 Å². The number of amides is 2. The summed E-state index contributed by atoms with van der Waals surface area (Å²) in [5.74, 6) is 0.741. The molecule has 1 fully saturated rings. The molecule has 5 rings (SSSR count). The third-order valence-corrected chi connectivity index (χ3v) is 6.86. The number of aromatic nitrogens is 2. The van der Waals surface area contributed by atoms with Crippen LogP contribution in [-0.2, 0) is 16.1 Å². The van der Waals surface area contributed by atoms with Crippen LogP contribution < -0.4 is 21.2 Å². The fraction of sp³-hybridized carbons (Fsp3) is 0.226. The molecule has 1 atom stereocenters. The molecule has 0 radical (unpaired) electrons. The first-order valence-corrected chi connectivity index (χ1v) is 13.8. The van der Waals surface area contributed by atoms with Crippen molar-refractivity contribution in [3.63, 3.8) is 0 Å². The van der Waals surface area contributed by atoms with Gasteiger partial charge in [0.05, 0.1) is 11.3 Å². The molecule has 1 unspecified atom stereocenters. The van der Waals surface area contributed by atoms with E-state index in [-0.39, 0.29) is 47.2 Å². The van der Waals surface area contributed by atoms with Crippen LogP contribution in [0.5, 0.6) is 11.5 Å². The molecule has 1 aliphatic rings. The highest BCUT2D eigenvalue weighted by atomic mass is 16.6. The lowest BCUT2D eigenvalue weighted by Crippen LogP contribution is -2.44. The number of carbonyl (C=O) groups is 2. The summed E-state index contributed by atoms with van der Waals surface area (Å²) in [6.45, 7) is 5.75. The lowest BCUT2D eigenvalue weighted by atomic mass is 10.0. The van der Waals surface area contributed by atoms with E-state index in [4.69, 9.17) is 23.7 Å². The van der Waals surface area contributed by atoms with Crippen molar-refractivity contribution in [3.05, 3.63) is 107 Å². The van der Waals surface area contributed by atoms with Gasteiger partial charge in [-0.15, -0.1) is 0 Å². The molecule has 0 bridgehead atoms. The highest BCUT2D eigenvalue weighted by Crippen LogP contribution is 2.28. The van der Waals surface area contributed by atoms with Crippen molar-refractivity contribution in [2.24, 2.45) is 0 Å². The van der Waals surface area contributed by atoms with Crippen LogP contribution in [0.25, 0.3) is 0 Å². The van der Waals surface area contributed by atoms with E-state index in [0.717, 1.165) is 12.8 Å². The van der Waals surface area contributed by atoms with Gasteiger partial charge in [0.2, 0.25) is 5.91 Å². The molecular formula is C31H30N6O7. The zero-order chi connectivity index (χ0) is 31.1. The largest absolute Gasteiger partial charge is 0.519 e. The van der Waals surface area contributed by atoms with Gasteiger partial charge < -0.3 is 28.5 Å². The number of likely N-dealkylation sites (tertiary alicyclic amines) is 1. The van der Waals surface area contributed by atoms with Gasteiger partial charge in [0.25, 0.3) is 0 Å². The summed E-state index contributed by atoms with van der Waals surface area (Å²) in [6, 6.07) is 16.0. The van der Waals surface area contributed by atoms with Crippen molar-refractivity contribution >= 4 is 29.3 Å². The zero-order valence-electron chi connectivity index (χ0n) is 23.9. The van der Waals surface area contributed by atoms with Crippen LogP contribution in [0.15, 0.2) is 87.2 Å². The Labute approximate surface area is 252 Å². The Kier molecular flexibility index (Phi) is 9.13. The zero-order valence-corrected chi connectivity index (χ0v) is 23.9. The molecule has 13 heteroatoms. The number of anilines is 2. The molecule has 2 amide bonds. The molecule has 4 aromatic rings. The SMILES string of the molecule is C=CC(=O)N1CCCC(Nc2ncnc(NC(=O)OCc3oc(=O)oc3C)c2C(=N)c2ccc(Oc3ccccc3)cc2)C1. The van der Waals surface area contributed by atoms with Crippen molar-refractivity contribution in [1.82, 2.24) is 14.9 Å². The lowest BCUT2D eigenvalue weighted by Gasteiger charge is -2.33. The van der Waals surface area contributed by atoms with Gasteiger partial charge in [-0.05, 0) is 62.2 Å². The number of hydrogen-bond donors (Lipinski definition) is 3. The molecule has 0 spiro atoms. The maximum absolute atomic E-state index is 12.8. The molecule has 2 aromatic carbocycles. The minimum Gasteiger partial charge on any atom is -0.457 e.